The SMILES string of the molecule is CN[C@@H]1CCCCC1n1cc(C(=O)NCc2c(F)cc(F)cc2F)c(=O)c(O)c1C=O. The molecule has 1 aromatic carbocycles. The van der Waals surface area contributed by atoms with Crippen molar-refractivity contribution < 1.29 is 27.9 Å². The fourth-order valence-electron chi connectivity index (χ4n) is 3.97. The molecule has 0 bridgehead atoms. The molecular weight excluding hydrogens is 415 g/mol. The van der Waals surface area contributed by atoms with E-state index in [-0.39, 0.29) is 17.8 Å². The maximum Gasteiger partial charge on any atom is 0.257 e. The molecule has 2 atom stereocenters. The van der Waals surface area contributed by atoms with Crippen molar-refractivity contribution in [2.24, 2.45) is 0 Å². The van der Waals surface area contributed by atoms with Crippen LogP contribution < -0.4 is 16.1 Å². The summed E-state index contributed by atoms with van der Waals surface area (Å²) in [6.45, 7) is -0.644. The number of benzene rings is 1. The molecule has 1 aliphatic carbocycles. The lowest BCUT2D eigenvalue weighted by Gasteiger charge is -2.34. The Morgan fingerprint density at radius 3 is 2.48 bits per heavy atom. The Labute approximate surface area is 175 Å². The van der Waals surface area contributed by atoms with Crippen LogP contribution in [0.5, 0.6) is 5.75 Å². The Balaban J connectivity index is 1.95. The lowest BCUT2D eigenvalue weighted by molar-refractivity contribution is 0.0945. The molecule has 0 saturated heterocycles. The van der Waals surface area contributed by atoms with Gasteiger partial charge in [-0.3, -0.25) is 14.4 Å². The molecule has 1 unspecified atom stereocenters. The van der Waals surface area contributed by atoms with E-state index in [1.165, 1.54) is 10.8 Å². The summed E-state index contributed by atoms with van der Waals surface area (Å²) in [6, 6.07) is 0.614. The monoisotopic (exact) mass is 437 g/mol. The molecular formula is C21H22F3N3O4. The van der Waals surface area contributed by atoms with Crippen molar-refractivity contribution in [2.45, 2.75) is 44.3 Å². The first-order valence-corrected chi connectivity index (χ1v) is 9.80. The van der Waals surface area contributed by atoms with Crippen LogP contribution >= 0.6 is 0 Å². The van der Waals surface area contributed by atoms with Crippen molar-refractivity contribution in [3.63, 3.8) is 0 Å². The average Bonchev–Trinajstić information content (AvgIpc) is 2.74. The number of likely N-dealkylation sites (N-methyl/N-ethyl adjacent to an activating group) is 1. The number of aldehydes is 1. The third-order valence-corrected chi connectivity index (χ3v) is 5.59. The zero-order valence-electron chi connectivity index (χ0n) is 16.8. The number of hydrogen-bond acceptors (Lipinski definition) is 5. The molecule has 0 aliphatic heterocycles. The molecule has 2 aromatic rings. The summed E-state index contributed by atoms with van der Waals surface area (Å²) in [5, 5.41) is 15.6. The first-order chi connectivity index (χ1) is 14.8. The fraction of sp³-hybridized carbons (Fsp3) is 0.381. The van der Waals surface area contributed by atoms with Crippen molar-refractivity contribution in [3.05, 3.63) is 62.8 Å². The highest BCUT2D eigenvalue weighted by atomic mass is 19.1. The van der Waals surface area contributed by atoms with Gasteiger partial charge < -0.3 is 20.3 Å². The van der Waals surface area contributed by atoms with E-state index in [1.807, 2.05) is 0 Å². The van der Waals surface area contributed by atoms with Crippen LogP contribution in [0.1, 0.15) is 58.1 Å². The van der Waals surface area contributed by atoms with Gasteiger partial charge >= 0.3 is 0 Å². The predicted molar refractivity (Wildman–Crippen MR) is 106 cm³/mol. The number of pyridine rings is 1. The van der Waals surface area contributed by atoms with E-state index < -0.39 is 52.2 Å². The van der Waals surface area contributed by atoms with Crippen LogP contribution in [0.15, 0.2) is 23.1 Å². The van der Waals surface area contributed by atoms with E-state index in [4.69, 9.17) is 0 Å². The van der Waals surface area contributed by atoms with Gasteiger partial charge in [0.15, 0.2) is 12.0 Å². The molecule has 10 heteroatoms. The van der Waals surface area contributed by atoms with Crippen LogP contribution in [0.3, 0.4) is 0 Å². The maximum absolute atomic E-state index is 13.8. The van der Waals surface area contributed by atoms with Crippen LogP contribution in [0.4, 0.5) is 13.2 Å². The summed E-state index contributed by atoms with van der Waals surface area (Å²) < 4.78 is 42.1. The molecule has 1 aliphatic rings. The summed E-state index contributed by atoms with van der Waals surface area (Å²) in [6.07, 6.45) is 4.81. The number of hydrogen-bond donors (Lipinski definition) is 3. The van der Waals surface area contributed by atoms with Crippen molar-refractivity contribution in [2.75, 3.05) is 7.05 Å². The molecule has 1 heterocycles. The molecule has 1 fully saturated rings. The van der Waals surface area contributed by atoms with Crippen molar-refractivity contribution in [1.82, 2.24) is 15.2 Å². The van der Waals surface area contributed by atoms with Crippen LogP contribution in [0.2, 0.25) is 0 Å². The maximum atomic E-state index is 13.8. The van der Waals surface area contributed by atoms with E-state index in [0.29, 0.717) is 24.8 Å². The number of nitrogens with zero attached hydrogens (tertiary/aromatic N) is 1. The Bertz CT molecular complexity index is 1050. The van der Waals surface area contributed by atoms with Gasteiger partial charge in [-0.1, -0.05) is 12.8 Å². The molecule has 31 heavy (non-hydrogen) atoms. The highest BCUT2D eigenvalue weighted by Gasteiger charge is 2.29. The summed E-state index contributed by atoms with van der Waals surface area (Å²) in [5.74, 6) is -5.34. The first kappa shape index (κ1) is 22.5. The van der Waals surface area contributed by atoms with E-state index in [2.05, 4.69) is 10.6 Å². The second kappa shape index (κ2) is 9.34. The number of carbonyl (C=O) groups excluding carboxylic acids is 2. The van der Waals surface area contributed by atoms with Gasteiger partial charge in [-0.25, -0.2) is 13.2 Å². The number of rotatable bonds is 6. The lowest BCUT2D eigenvalue weighted by Crippen LogP contribution is -2.40. The lowest BCUT2D eigenvalue weighted by atomic mass is 9.89. The van der Waals surface area contributed by atoms with Crippen molar-refractivity contribution >= 4 is 12.2 Å². The number of carbonyl (C=O) groups is 2. The number of aromatic hydroxyl groups is 1. The Kier molecular flexibility index (Phi) is 6.79. The summed E-state index contributed by atoms with van der Waals surface area (Å²) in [4.78, 5) is 36.7. The quantitative estimate of drug-likeness (QED) is 0.603. The van der Waals surface area contributed by atoms with E-state index in [1.54, 1.807) is 7.05 Å². The minimum atomic E-state index is -1.19. The molecule has 3 rings (SSSR count). The fourth-order valence-corrected chi connectivity index (χ4v) is 3.97. The second-order valence-electron chi connectivity index (χ2n) is 7.41. The van der Waals surface area contributed by atoms with Gasteiger partial charge in [0.05, 0.1) is 0 Å². The van der Waals surface area contributed by atoms with Crippen LogP contribution in [0.25, 0.3) is 0 Å². The largest absolute Gasteiger partial charge is 0.503 e. The van der Waals surface area contributed by atoms with Crippen LogP contribution in [-0.4, -0.2) is 35.0 Å². The number of aromatic nitrogens is 1. The van der Waals surface area contributed by atoms with Crippen molar-refractivity contribution in [3.8, 4) is 5.75 Å². The van der Waals surface area contributed by atoms with Gasteiger partial charge in [0.25, 0.3) is 5.91 Å². The van der Waals surface area contributed by atoms with E-state index >= 15 is 0 Å². The molecule has 0 radical (unpaired) electrons. The minimum Gasteiger partial charge on any atom is -0.503 e. The molecule has 3 N–H and O–H groups in total. The van der Waals surface area contributed by atoms with E-state index in [0.717, 1.165) is 19.3 Å². The summed E-state index contributed by atoms with van der Waals surface area (Å²) in [5.41, 5.74) is -2.38. The Morgan fingerprint density at radius 1 is 1.23 bits per heavy atom. The molecule has 166 valence electrons. The van der Waals surface area contributed by atoms with Gasteiger partial charge in [0.1, 0.15) is 28.7 Å². The standard InChI is InChI=1S/C21H22F3N3O4/c1-25-16-4-2-3-5-17(16)27-9-13(19(29)20(30)18(27)10-28)21(31)26-8-12-14(23)6-11(22)7-15(12)24/h6-7,9-10,16-17,25,30H,2-5,8H2,1H3,(H,26,31)/t16-,17?/m1/s1. The van der Waals surface area contributed by atoms with Crippen LogP contribution in [0, 0.1) is 17.5 Å². The van der Waals surface area contributed by atoms with Gasteiger partial charge in [-0.15, -0.1) is 0 Å². The third-order valence-electron chi connectivity index (χ3n) is 5.59. The van der Waals surface area contributed by atoms with Gasteiger partial charge in [-0.05, 0) is 19.9 Å². The normalized spacial score (nSPS) is 18.6. The third kappa shape index (κ3) is 4.48. The molecule has 0 spiro atoms. The highest BCUT2D eigenvalue weighted by molar-refractivity contribution is 5.95. The summed E-state index contributed by atoms with van der Waals surface area (Å²) >= 11 is 0. The average molecular weight is 437 g/mol. The topological polar surface area (TPSA) is 100 Å². The number of nitrogens with one attached hydrogen (secondary N) is 2. The van der Waals surface area contributed by atoms with Crippen LogP contribution in [-0.2, 0) is 6.54 Å². The Hall–Kier alpha value is -3.14. The number of halogens is 3. The summed E-state index contributed by atoms with van der Waals surface area (Å²) in [7, 11) is 1.76. The van der Waals surface area contributed by atoms with Gasteiger partial charge in [0, 0.05) is 42.5 Å². The number of amides is 1. The second-order valence-corrected chi connectivity index (χ2v) is 7.41. The molecule has 1 aromatic heterocycles. The molecule has 7 nitrogen and oxygen atoms in total. The van der Waals surface area contributed by atoms with Gasteiger partial charge in [-0.2, -0.15) is 0 Å². The predicted octanol–water partition coefficient (Wildman–Crippen LogP) is 2.42. The zero-order chi connectivity index (χ0) is 22.7. The Morgan fingerprint density at radius 2 is 1.87 bits per heavy atom. The minimum absolute atomic E-state index is 0.0485. The zero-order valence-corrected chi connectivity index (χ0v) is 16.8. The highest BCUT2D eigenvalue weighted by Crippen LogP contribution is 2.31. The first-order valence-electron chi connectivity index (χ1n) is 9.80. The van der Waals surface area contributed by atoms with Crippen molar-refractivity contribution in [1.29, 1.82) is 0 Å². The molecule has 1 saturated carbocycles. The smallest absolute Gasteiger partial charge is 0.257 e. The molecule has 1 amide bonds. The van der Waals surface area contributed by atoms with E-state index in [9.17, 15) is 32.7 Å². The van der Waals surface area contributed by atoms with Gasteiger partial charge in [0.2, 0.25) is 5.43 Å².